The molecule has 1 fully saturated rings. The largest absolute Gasteiger partial charge is 0.350 e. The van der Waals surface area contributed by atoms with Crippen molar-refractivity contribution in [1.82, 2.24) is 10.6 Å². The van der Waals surface area contributed by atoms with Gasteiger partial charge in [0.05, 0.1) is 6.04 Å². The first-order valence-electron chi connectivity index (χ1n) is 6.11. The SMILES string of the molecule is CC1NCCCC1NC(=O)[C@@H](N)C(C)(C)C. The van der Waals surface area contributed by atoms with E-state index < -0.39 is 6.04 Å². The Balaban J connectivity index is 2.50. The first kappa shape index (κ1) is 13.5. The standard InChI is InChI=1S/C12H25N3O/c1-8-9(6-5-7-14-8)15-11(16)10(13)12(2,3)4/h8-10,14H,5-7,13H2,1-4H3,(H,15,16)/t8?,9?,10-/m1/s1. The second kappa shape index (κ2) is 5.15. The van der Waals surface area contributed by atoms with Gasteiger partial charge in [-0.15, -0.1) is 0 Å². The van der Waals surface area contributed by atoms with Crippen molar-refractivity contribution in [2.45, 2.75) is 58.7 Å². The lowest BCUT2D eigenvalue weighted by Crippen LogP contribution is -2.57. The highest BCUT2D eigenvalue weighted by Crippen LogP contribution is 2.18. The Labute approximate surface area is 98.3 Å². The van der Waals surface area contributed by atoms with E-state index in [1.165, 1.54) is 0 Å². The molecule has 1 amide bonds. The van der Waals surface area contributed by atoms with E-state index in [2.05, 4.69) is 17.6 Å². The molecule has 0 aromatic heterocycles. The third-order valence-corrected chi connectivity index (χ3v) is 3.30. The Morgan fingerprint density at radius 2 is 2.12 bits per heavy atom. The number of rotatable bonds is 2. The van der Waals surface area contributed by atoms with Gasteiger partial charge in [-0.3, -0.25) is 4.79 Å². The Morgan fingerprint density at radius 3 is 2.62 bits per heavy atom. The zero-order valence-electron chi connectivity index (χ0n) is 10.8. The number of nitrogens with two attached hydrogens (primary N) is 1. The third kappa shape index (κ3) is 3.46. The molecule has 16 heavy (non-hydrogen) atoms. The predicted octanol–water partition coefficient (Wildman–Crippen LogP) is 0.617. The molecular formula is C12H25N3O. The van der Waals surface area contributed by atoms with E-state index in [9.17, 15) is 4.79 Å². The van der Waals surface area contributed by atoms with E-state index >= 15 is 0 Å². The zero-order chi connectivity index (χ0) is 12.3. The van der Waals surface area contributed by atoms with E-state index in [1.807, 2.05) is 20.8 Å². The van der Waals surface area contributed by atoms with Crippen molar-refractivity contribution in [3.63, 3.8) is 0 Å². The van der Waals surface area contributed by atoms with Crippen LogP contribution in [0.2, 0.25) is 0 Å². The van der Waals surface area contributed by atoms with Gasteiger partial charge in [-0.2, -0.15) is 0 Å². The Hall–Kier alpha value is -0.610. The van der Waals surface area contributed by atoms with Crippen LogP contribution in [0.25, 0.3) is 0 Å². The quantitative estimate of drug-likeness (QED) is 0.648. The molecule has 1 aliphatic heterocycles. The van der Waals surface area contributed by atoms with Gasteiger partial charge in [0, 0.05) is 12.1 Å². The third-order valence-electron chi connectivity index (χ3n) is 3.30. The van der Waals surface area contributed by atoms with Crippen molar-refractivity contribution < 1.29 is 4.79 Å². The average Bonchev–Trinajstić information content (AvgIpc) is 2.19. The van der Waals surface area contributed by atoms with Gasteiger partial charge in [-0.25, -0.2) is 0 Å². The molecule has 1 aliphatic rings. The summed E-state index contributed by atoms with van der Waals surface area (Å²) in [6.45, 7) is 9.10. The van der Waals surface area contributed by atoms with Crippen LogP contribution in [0.1, 0.15) is 40.5 Å². The summed E-state index contributed by atoms with van der Waals surface area (Å²) in [6, 6.07) is 0.112. The van der Waals surface area contributed by atoms with Crippen molar-refractivity contribution in [1.29, 1.82) is 0 Å². The topological polar surface area (TPSA) is 67.1 Å². The highest BCUT2D eigenvalue weighted by Gasteiger charge is 2.30. The van der Waals surface area contributed by atoms with Crippen LogP contribution < -0.4 is 16.4 Å². The van der Waals surface area contributed by atoms with Crippen LogP contribution in [0, 0.1) is 5.41 Å². The Bertz CT molecular complexity index is 247. The van der Waals surface area contributed by atoms with E-state index in [-0.39, 0.29) is 17.4 Å². The molecule has 1 rings (SSSR count). The molecule has 0 aromatic rings. The number of nitrogens with one attached hydrogen (secondary N) is 2. The van der Waals surface area contributed by atoms with E-state index in [1.54, 1.807) is 0 Å². The van der Waals surface area contributed by atoms with E-state index in [0.29, 0.717) is 6.04 Å². The van der Waals surface area contributed by atoms with Gasteiger partial charge in [0.2, 0.25) is 5.91 Å². The summed E-state index contributed by atoms with van der Waals surface area (Å²) in [5, 5.41) is 6.41. The number of hydrogen-bond acceptors (Lipinski definition) is 3. The minimum absolute atomic E-state index is 0.0342. The maximum absolute atomic E-state index is 11.9. The molecule has 0 spiro atoms. The summed E-state index contributed by atoms with van der Waals surface area (Å²) in [5.41, 5.74) is 5.74. The van der Waals surface area contributed by atoms with Gasteiger partial charge in [-0.1, -0.05) is 20.8 Å². The fourth-order valence-electron chi connectivity index (χ4n) is 1.91. The van der Waals surface area contributed by atoms with E-state index in [4.69, 9.17) is 5.73 Å². The van der Waals surface area contributed by atoms with Gasteiger partial charge < -0.3 is 16.4 Å². The van der Waals surface area contributed by atoms with Crippen molar-refractivity contribution in [3.05, 3.63) is 0 Å². The van der Waals surface area contributed by atoms with Gasteiger partial charge >= 0.3 is 0 Å². The summed E-state index contributed by atoms with van der Waals surface area (Å²) in [6.07, 6.45) is 2.15. The molecule has 1 saturated heterocycles. The van der Waals surface area contributed by atoms with Crippen LogP contribution in [0.3, 0.4) is 0 Å². The lowest BCUT2D eigenvalue weighted by Gasteiger charge is -2.33. The maximum Gasteiger partial charge on any atom is 0.237 e. The molecule has 2 unspecified atom stereocenters. The van der Waals surface area contributed by atoms with Crippen LogP contribution in [0.5, 0.6) is 0 Å². The summed E-state index contributed by atoms with van der Waals surface area (Å²) in [5.74, 6) is -0.0342. The molecule has 1 heterocycles. The van der Waals surface area contributed by atoms with Crippen LogP contribution in [0.4, 0.5) is 0 Å². The number of piperidine rings is 1. The Morgan fingerprint density at radius 1 is 1.50 bits per heavy atom. The van der Waals surface area contributed by atoms with E-state index in [0.717, 1.165) is 19.4 Å². The highest BCUT2D eigenvalue weighted by molar-refractivity contribution is 5.82. The second-order valence-corrected chi connectivity index (χ2v) is 5.84. The summed E-state index contributed by atoms with van der Waals surface area (Å²) in [7, 11) is 0. The smallest absolute Gasteiger partial charge is 0.237 e. The fourth-order valence-corrected chi connectivity index (χ4v) is 1.91. The number of hydrogen-bond donors (Lipinski definition) is 3. The molecule has 4 heteroatoms. The first-order chi connectivity index (χ1) is 7.32. The lowest BCUT2D eigenvalue weighted by atomic mass is 9.86. The van der Waals surface area contributed by atoms with Gasteiger partial charge in [0.1, 0.15) is 0 Å². The minimum atomic E-state index is -0.443. The highest BCUT2D eigenvalue weighted by atomic mass is 16.2. The molecule has 0 aromatic carbocycles. The maximum atomic E-state index is 11.9. The summed E-state index contributed by atoms with van der Waals surface area (Å²) < 4.78 is 0. The molecule has 4 N–H and O–H groups in total. The van der Waals surface area contributed by atoms with Crippen LogP contribution in [-0.4, -0.2) is 30.6 Å². The summed E-state index contributed by atoms with van der Waals surface area (Å²) >= 11 is 0. The van der Waals surface area contributed by atoms with Crippen molar-refractivity contribution in [2.75, 3.05) is 6.54 Å². The number of amides is 1. The molecule has 0 saturated carbocycles. The molecule has 94 valence electrons. The fraction of sp³-hybridized carbons (Fsp3) is 0.917. The molecule has 0 radical (unpaired) electrons. The van der Waals surface area contributed by atoms with Crippen molar-refractivity contribution in [2.24, 2.45) is 11.1 Å². The molecule has 4 nitrogen and oxygen atoms in total. The second-order valence-electron chi connectivity index (χ2n) is 5.84. The van der Waals surface area contributed by atoms with Crippen molar-refractivity contribution >= 4 is 5.91 Å². The van der Waals surface area contributed by atoms with Gasteiger partial charge in [-0.05, 0) is 31.7 Å². The van der Waals surface area contributed by atoms with Crippen LogP contribution in [-0.2, 0) is 4.79 Å². The minimum Gasteiger partial charge on any atom is -0.350 e. The first-order valence-corrected chi connectivity index (χ1v) is 6.11. The summed E-state index contributed by atoms with van der Waals surface area (Å²) in [4.78, 5) is 11.9. The van der Waals surface area contributed by atoms with Crippen LogP contribution in [0.15, 0.2) is 0 Å². The normalized spacial score (nSPS) is 28.6. The van der Waals surface area contributed by atoms with Gasteiger partial charge in [0.25, 0.3) is 0 Å². The average molecular weight is 227 g/mol. The number of carbonyl (C=O) groups is 1. The molecule has 3 atom stereocenters. The van der Waals surface area contributed by atoms with Gasteiger partial charge in [0.15, 0.2) is 0 Å². The zero-order valence-corrected chi connectivity index (χ0v) is 10.8. The Kier molecular flexibility index (Phi) is 4.33. The molecule has 0 bridgehead atoms. The molecular weight excluding hydrogens is 202 g/mol. The molecule has 0 aliphatic carbocycles. The number of carbonyl (C=O) groups excluding carboxylic acids is 1. The predicted molar refractivity (Wildman–Crippen MR) is 66.1 cm³/mol. The van der Waals surface area contributed by atoms with Crippen LogP contribution >= 0.6 is 0 Å². The van der Waals surface area contributed by atoms with Crippen molar-refractivity contribution in [3.8, 4) is 0 Å². The lowest BCUT2D eigenvalue weighted by molar-refractivity contribution is -0.125. The monoisotopic (exact) mass is 227 g/mol.